The molecule has 4 heterocycles. The minimum absolute atomic E-state index is 0.00695. The predicted molar refractivity (Wildman–Crippen MR) is 116 cm³/mol. The largest absolute Gasteiger partial charge is 0.340 e. The number of carbonyl (C=O) groups is 2. The third-order valence-corrected chi connectivity index (χ3v) is 7.43. The van der Waals surface area contributed by atoms with Crippen LogP contribution in [0.5, 0.6) is 0 Å². The molecule has 6 nitrogen and oxygen atoms in total. The lowest BCUT2D eigenvalue weighted by Crippen LogP contribution is -2.37. The summed E-state index contributed by atoms with van der Waals surface area (Å²) in [5, 5.41) is 4.67. The second-order valence-electron chi connectivity index (χ2n) is 7.67. The molecule has 2 aromatic heterocycles. The van der Waals surface area contributed by atoms with Crippen molar-refractivity contribution in [3.63, 3.8) is 0 Å². The molecule has 0 unspecified atom stereocenters. The van der Waals surface area contributed by atoms with E-state index in [1.54, 1.807) is 17.7 Å². The molecule has 3 aromatic rings. The van der Waals surface area contributed by atoms with Crippen LogP contribution >= 0.6 is 23.1 Å². The van der Waals surface area contributed by atoms with Crippen LogP contribution in [0.15, 0.2) is 29.4 Å². The first-order valence-electron chi connectivity index (χ1n) is 9.64. The number of nitrogens with zero attached hydrogens (tertiary/aromatic N) is 3. The topological polar surface area (TPSA) is 75.2 Å². The van der Waals surface area contributed by atoms with Gasteiger partial charge in [-0.15, -0.1) is 11.3 Å². The van der Waals surface area contributed by atoms with Gasteiger partial charge in [0, 0.05) is 34.3 Å². The Bertz CT molecular complexity index is 1160. The van der Waals surface area contributed by atoms with Gasteiger partial charge in [-0.25, -0.2) is 9.97 Å². The van der Waals surface area contributed by atoms with E-state index in [9.17, 15) is 9.59 Å². The monoisotopic (exact) mass is 424 g/mol. The van der Waals surface area contributed by atoms with E-state index in [0.717, 1.165) is 45.1 Å². The summed E-state index contributed by atoms with van der Waals surface area (Å²) in [6.45, 7) is 5.25. The molecule has 8 heteroatoms. The molecule has 0 radical (unpaired) electrons. The normalized spacial score (nSPS) is 15.7. The van der Waals surface area contributed by atoms with Crippen LogP contribution in [0, 0.1) is 5.92 Å². The maximum Gasteiger partial charge on any atom is 0.225 e. The van der Waals surface area contributed by atoms with E-state index >= 15 is 0 Å². The van der Waals surface area contributed by atoms with Gasteiger partial charge in [0.1, 0.15) is 17.0 Å². The van der Waals surface area contributed by atoms with Gasteiger partial charge >= 0.3 is 0 Å². The van der Waals surface area contributed by atoms with Gasteiger partial charge in [0.25, 0.3) is 0 Å². The van der Waals surface area contributed by atoms with Gasteiger partial charge in [-0.3, -0.25) is 9.59 Å². The summed E-state index contributed by atoms with van der Waals surface area (Å²) < 4.78 is 0. The molecule has 29 heavy (non-hydrogen) atoms. The molecule has 0 spiro atoms. The second-order valence-corrected chi connectivity index (χ2v) is 9.85. The minimum atomic E-state index is 0.00695. The maximum atomic E-state index is 12.4. The molecular weight excluding hydrogens is 404 g/mol. The quantitative estimate of drug-likeness (QED) is 0.681. The third kappa shape index (κ3) is 3.30. The van der Waals surface area contributed by atoms with Crippen molar-refractivity contribution in [2.45, 2.75) is 38.1 Å². The van der Waals surface area contributed by atoms with Gasteiger partial charge in [0.15, 0.2) is 5.12 Å². The highest BCUT2D eigenvalue weighted by Gasteiger charge is 2.27. The first kappa shape index (κ1) is 18.6. The van der Waals surface area contributed by atoms with Gasteiger partial charge in [0.05, 0.1) is 11.9 Å². The molecule has 0 saturated heterocycles. The zero-order valence-electron chi connectivity index (χ0n) is 16.2. The number of rotatable bonds is 3. The predicted octanol–water partition coefficient (Wildman–Crippen LogP) is 4.15. The molecule has 2 aliphatic rings. The number of hydrogen-bond acceptors (Lipinski definition) is 7. The average molecular weight is 425 g/mol. The Labute approximate surface area is 176 Å². The molecule has 0 aliphatic carbocycles. The summed E-state index contributed by atoms with van der Waals surface area (Å²) in [7, 11) is 0. The number of thiophene rings is 1. The van der Waals surface area contributed by atoms with Crippen molar-refractivity contribution in [1.29, 1.82) is 0 Å². The number of anilines is 2. The fourth-order valence-electron chi connectivity index (χ4n) is 3.90. The molecule has 1 amide bonds. The first-order valence-corrected chi connectivity index (χ1v) is 11.3. The van der Waals surface area contributed by atoms with Crippen molar-refractivity contribution < 1.29 is 9.59 Å². The number of nitrogens with one attached hydrogen (secondary N) is 1. The van der Waals surface area contributed by atoms with Crippen LogP contribution < -0.4 is 5.32 Å². The van der Waals surface area contributed by atoms with Crippen LogP contribution in [0.3, 0.4) is 0 Å². The van der Waals surface area contributed by atoms with E-state index in [1.807, 2.05) is 36.9 Å². The number of thioether (sulfide) groups is 1. The van der Waals surface area contributed by atoms with E-state index in [4.69, 9.17) is 0 Å². The maximum absolute atomic E-state index is 12.4. The highest BCUT2D eigenvalue weighted by Crippen LogP contribution is 2.39. The van der Waals surface area contributed by atoms with E-state index < -0.39 is 0 Å². The first-order chi connectivity index (χ1) is 14.0. The lowest BCUT2D eigenvalue weighted by molar-refractivity contribution is -0.135. The molecular formula is C21H20N4O2S2. The van der Waals surface area contributed by atoms with Crippen molar-refractivity contribution in [3.05, 3.63) is 40.5 Å². The van der Waals surface area contributed by atoms with Crippen molar-refractivity contribution in [2.24, 2.45) is 5.92 Å². The standard InChI is InChI=1S/C21H20N4O2S2/c1-11(2)21(27)25-6-5-14-16(9-25)29-20-18(14)19(22-10-23-20)24-13-4-3-12-7-17(26)28-15(12)8-13/h3-4,8,10-11H,5-7,9H2,1-2H3,(H,22,23,24). The van der Waals surface area contributed by atoms with Crippen LogP contribution in [0.2, 0.25) is 0 Å². The highest BCUT2D eigenvalue weighted by atomic mass is 32.2. The Morgan fingerprint density at radius 3 is 2.97 bits per heavy atom. The molecule has 148 valence electrons. The number of fused-ring (bicyclic) bond motifs is 4. The van der Waals surface area contributed by atoms with E-state index in [-0.39, 0.29) is 16.9 Å². The van der Waals surface area contributed by atoms with Gasteiger partial charge in [-0.1, -0.05) is 31.7 Å². The molecule has 0 fully saturated rings. The Morgan fingerprint density at radius 1 is 1.28 bits per heavy atom. The molecule has 0 atom stereocenters. The fraction of sp³-hybridized carbons (Fsp3) is 0.333. The van der Waals surface area contributed by atoms with Crippen LogP contribution in [-0.4, -0.2) is 32.4 Å². The van der Waals surface area contributed by atoms with Crippen molar-refractivity contribution >= 4 is 55.8 Å². The summed E-state index contributed by atoms with van der Waals surface area (Å²) >= 11 is 2.95. The SMILES string of the molecule is CC(C)C(=O)N1CCc2c(sc3ncnc(Nc4ccc5c(c4)SC(=O)C5)c23)C1. The summed E-state index contributed by atoms with van der Waals surface area (Å²) in [6.07, 6.45) is 2.89. The van der Waals surface area contributed by atoms with E-state index in [1.165, 1.54) is 22.2 Å². The van der Waals surface area contributed by atoms with Crippen LogP contribution in [0.25, 0.3) is 10.2 Å². The average Bonchev–Trinajstić information content (AvgIpc) is 3.26. The zero-order valence-corrected chi connectivity index (χ0v) is 17.8. The summed E-state index contributed by atoms with van der Waals surface area (Å²) in [5.41, 5.74) is 3.24. The number of amides is 1. The zero-order chi connectivity index (χ0) is 20.1. The number of benzene rings is 1. The third-order valence-electron chi connectivity index (χ3n) is 5.33. The number of carbonyl (C=O) groups excluding carboxylic acids is 2. The Balaban J connectivity index is 1.48. The molecule has 1 N–H and O–H groups in total. The summed E-state index contributed by atoms with van der Waals surface area (Å²) in [6, 6.07) is 6.01. The lowest BCUT2D eigenvalue weighted by Gasteiger charge is -2.28. The fourth-order valence-corrected chi connectivity index (χ4v) is 6.03. The van der Waals surface area contributed by atoms with Crippen molar-refractivity contribution in [2.75, 3.05) is 11.9 Å². The number of aromatic nitrogens is 2. The van der Waals surface area contributed by atoms with E-state index in [0.29, 0.717) is 13.0 Å². The van der Waals surface area contributed by atoms with Gasteiger partial charge in [-0.05, 0) is 29.7 Å². The Kier molecular flexibility index (Phi) is 4.55. The highest BCUT2D eigenvalue weighted by molar-refractivity contribution is 8.14. The van der Waals surface area contributed by atoms with Crippen molar-refractivity contribution in [3.8, 4) is 0 Å². The molecule has 0 saturated carbocycles. The molecule has 2 aliphatic heterocycles. The van der Waals surface area contributed by atoms with Gasteiger partial charge in [0.2, 0.25) is 5.91 Å². The smallest absolute Gasteiger partial charge is 0.225 e. The lowest BCUT2D eigenvalue weighted by atomic mass is 10.0. The summed E-state index contributed by atoms with van der Waals surface area (Å²) in [4.78, 5) is 38.2. The molecule has 1 aromatic carbocycles. The number of hydrogen-bond donors (Lipinski definition) is 1. The van der Waals surface area contributed by atoms with Crippen molar-refractivity contribution in [1.82, 2.24) is 14.9 Å². The second kappa shape index (κ2) is 7.11. The van der Waals surface area contributed by atoms with Gasteiger partial charge in [-0.2, -0.15) is 0 Å². The van der Waals surface area contributed by atoms with Gasteiger partial charge < -0.3 is 10.2 Å². The van der Waals surface area contributed by atoms with E-state index in [2.05, 4.69) is 15.3 Å². The van der Waals surface area contributed by atoms with Crippen LogP contribution in [0.1, 0.15) is 29.9 Å². The minimum Gasteiger partial charge on any atom is -0.340 e. The summed E-state index contributed by atoms with van der Waals surface area (Å²) in [5.74, 6) is 0.987. The molecule has 5 rings (SSSR count). The van der Waals surface area contributed by atoms with Crippen LogP contribution in [0.4, 0.5) is 11.5 Å². The molecule has 0 bridgehead atoms. The Hall–Kier alpha value is -2.45. The Morgan fingerprint density at radius 2 is 2.14 bits per heavy atom. The van der Waals surface area contributed by atoms with Crippen LogP contribution in [-0.2, 0) is 29.0 Å².